The molecule has 2 heterocycles. The highest BCUT2D eigenvalue weighted by Gasteiger charge is 2.13. The zero-order valence-electron chi connectivity index (χ0n) is 13.4. The maximum Gasteiger partial charge on any atom is 0.294 e. The molecule has 0 unspecified atom stereocenters. The van der Waals surface area contributed by atoms with Gasteiger partial charge in [0.1, 0.15) is 16.5 Å². The fraction of sp³-hybridized carbons (Fsp3) is 0.294. The van der Waals surface area contributed by atoms with Gasteiger partial charge in [0, 0.05) is 6.54 Å². The van der Waals surface area contributed by atoms with E-state index in [9.17, 15) is 5.11 Å². The first-order chi connectivity index (χ1) is 11.7. The van der Waals surface area contributed by atoms with Crippen LogP contribution in [0.1, 0.15) is 23.3 Å². The Labute approximate surface area is 144 Å². The highest BCUT2D eigenvalue weighted by atomic mass is 32.1. The molecular weight excluding hydrogens is 326 g/mol. The number of phenols is 1. The number of hydrogen-bond donors (Lipinski definition) is 1. The predicted molar refractivity (Wildman–Crippen MR) is 90.8 cm³/mol. The molecule has 6 nitrogen and oxygen atoms in total. The van der Waals surface area contributed by atoms with Crippen molar-refractivity contribution >= 4 is 11.3 Å². The van der Waals surface area contributed by atoms with E-state index < -0.39 is 0 Å². The summed E-state index contributed by atoms with van der Waals surface area (Å²) in [7, 11) is 0. The van der Waals surface area contributed by atoms with Crippen LogP contribution in [0.4, 0.5) is 0 Å². The Morgan fingerprint density at radius 2 is 1.96 bits per heavy atom. The fourth-order valence-electron chi connectivity index (χ4n) is 2.33. The summed E-state index contributed by atoms with van der Waals surface area (Å²) in [4.78, 5) is 2.21. The van der Waals surface area contributed by atoms with Crippen LogP contribution in [0.2, 0.25) is 0 Å². The maximum absolute atomic E-state index is 9.43. The van der Waals surface area contributed by atoms with Gasteiger partial charge in [-0.3, -0.25) is 4.90 Å². The summed E-state index contributed by atoms with van der Waals surface area (Å²) in [6.07, 6.45) is 1.67. The summed E-state index contributed by atoms with van der Waals surface area (Å²) in [5, 5.41) is 19.1. The molecule has 3 rings (SSSR count). The lowest BCUT2D eigenvalue weighted by Crippen LogP contribution is -2.22. The molecule has 0 bridgehead atoms. The molecule has 0 atom stereocenters. The van der Waals surface area contributed by atoms with Crippen molar-refractivity contribution in [3.63, 3.8) is 0 Å². The van der Waals surface area contributed by atoms with Gasteiger partial charge in [-0.05, 0) is 36.8 Å². The summed E-state index contributed by atoms with van der Waals surface area (Å²) in [6, 6.07) is 11.0. The van der Waals surface area contributed by atoms with Crippen molar-refractivity contribution in [3.8, 4) is 10.9 Å². The second-order valence-electron chi connectivity index (χ2n) is 5.29. The number of benzene rings is 1. The number of aromatic hydroxyl groups is 1. The quantitative estimate of drug-likeness (QED) is 0.674. The van der Waals surface area contributed by atoms with Crippen LogP contribution in [0.15, 0.2) is 47.1 Å². The van der Waals surface area contributed by atoms with Gasteiger partial charge in [-0.1, -0.05) is 23.5 Å². The topological polar surface area (TPSA) is 71.6 Å². The Kier molecular flexibility index (Phi) is 5.45. The van der Waals surface area contributed by atoms with Crippen molar-refractivity contribution in [3.05, 3.63) is 59.0 Å². The summed E-state index contributed by atoms with van der Waals surface area (Å²) in [6.45, 7) is 4.53. The maximum atomic E-state index is 9.43. The van der Waals surface area contributed by atoms with Crippen LogP contribution < -0.4 is 4.74 Å². The molecule has 0 aliphatic rings. The molecule has 7 heteroatoms. The molecule has 24 heavy (non-hydrogen) atoms. The normalized spacial score (nSPS) is 11.1. The largest absolute Gasteiger partial charge is 0.508 e. The number of phenolic OH excluding ortho intramolecular Hbond substituents is 1. The SMILES string of the molecule is CCOc1nnc(CN(Cc2ccc(O)cc2)Cc2ccco2)s1. The van der Waals surface area contributed by atoms with E-state index in [-0.39, 0.29) is 5.75 Å². The predicted octanol–water partition coefficient (Wildman–Crippen LogP) is 3.44. The lowest BCUT2D eigenvalue weighted by molar-refractivity contribution is 0.226. The molecule has 0 radical (unpaired) electrons. The van der Waals surface area contributed by atoms with E-state index in [1.807, 2.05) is 31.2 Å². The average molecular weight is 345 g/mol. The van der Waals surface area contributed by atoms with Gasteiger partial charge < -0.3 is 14.3 Å². The molecular formula is C17H19N3O3S. The van der Waals surface area contributed by atoms with Crippen LogP contribution in [0.3, 0.4) is 0 Å². The second-order valence-corrected chi connectivity index (χ2v) is 6.31. The van der Waals surface area contributed by atoms with Gasteiger partial charge in [-0.2, -0.15) is 0 Å². The minimum Gasteiger partial charge on any atom is -0.508 e. The number of rotatable bonds is 8. The molecule has 0 saturated heterocycles. The van der Waals surface area contributed by atoms with Crippen LogP contribution in [0, 0.1) is 0 Å². The number of ether oxygens (including phenoxy) is 1. The first-order valence-electron chi connectivity index (χ1n) is 7.70. The van der Waals surface area contributed by atoms with Gasteiger partial charge in [0.2, 0.25) is 0 Å². The van der Waals surface area contributed by atoms with E-state index in [4.69, 9.17) is 9.15 Å². The third kappa shape index (κ3) is 4.56. The first-order valence-corrected chi connectivity index (χ1v) is 8.52. The summed E-state index contributed by atoms with van der Waals surface area (Å²) in [5.74, 6) is 1.16. The van der Waals surface area contributed by atoms with Gasteiger partial charge in [0.15, 0.2) is 0 Å². The lowest BCUT2D eigenvalue weighted by Gasteiger charge is -2.20. The van der Waals surface area contributed by atoms with E-state index >= 15 is 0 Å². The highest BCUT2D eigenvalue weighted by molar-refractivity contribution is 7.13. The third-order valence-corrected chi connectivity index (χ3v) is 4.20. The van der Waals surface area contributed by atoms with Gasteiger partial charge >= 0.3 is 0 Å². The molecule has 1 aromatic carbocycles. The smallest absolute Gasteiger partial charge is 0.294 e. The van der Waals surface area contributed by atoms with Crippen molar-refractivity contribution in [1.82, 2.24) is 15.1 Å². The highest BCUT2D eigenvalue weighted by Crippen LogP contribution is 2.22. The molecule has 1 N–H and O–H groups in total. The van der Waals surface area contributed by atoms with Crippen molar-refractivity contribution in [2.75, 3.05) is 6.61 Å². The van der Waals surface area contributed by atoms with Crippen molar-refractivity contribution in [2.45, 2.75) is 26.6 Å². The Morgan fingerprint density at radius 3 is 2.67 bits per heavy atom. The van der Waals surface area contributed by atoms with Gasteiger partial charge in [0.05, 0.1) is 26.0 Å². The first kappa shape index (κ1) is 16.5. The Hall–Kier alpha value is -2.38. The number of hydrogen-bond acceptors (Lipinski definition) is 7. The third-order valence-electron chi connectivity index (χ3n) is 3.38. The van der Waals surface area contributed by atoms with Gasteiger partial charge in [-0.15, -0.1) is 10.2 Å². The average Bonchev–Trinajstić information content (AvgIpc) is 3.22. The molecule has 0 saturated carbocycles. The van der Waals surface area contributed by atoms with E-state index in [1.165, 1.54) is 11.3 Å². The molecule has 126 valence electrons. The minimum absolute atomic E-state index is 0.266. The molecule has 0 aliphatic heterocycles. The lowest BCUT2D eigenvalue weighted by atomic mass is 10.2. The molecule has 0 aliphatic carbocycles. The number of furan rings is 1. The van der Waals surface area contributed by atoms with Crippen molar-refractivity contribution < 1.29 is 14.3 Å². The van der Waals surface area contributed by atoms with Crippen molar-refractivity contribution in [2.24, 2.45) is 0 Å². The van der Waals surface area contributed by atoms with E-state index in [0.717, 1.165) is 16.3 Å². The van der Waals surface area contributed by atoms with Crippen LogP contribution >= 0.6 is 11.3 Å². The molecule has 2 aromatic heterocycles. The summed E-state index contributed by atoms with van der Waals surface area (Å²) < 4.78 is 10.8. The van der Waals surface area contributed by atoms with Gasteiger partial charge in [0.25, 0.3) is 5.19 Å². The van der Waals surface area contributed by atoms with Crippen LogP contribution in [-0.4, -0.2) is 26.8 Å². The summed E-state index contributed by atoms with van der Waals surface area (Å²) >= 11 is 1.45. The zero-order valence-corrected chi connectivity index (χ0v) is 14.2. The van der Waals surface area contributed by atoms with E-state index in [2.05, 4.69) is 15.1 Å². The summed E-state index contributed by atoms with van der Waals surface area (Å²) in [5.41, 5.74) is 1.11. The molecule has 0 spiro atoms. The van der Waals surface area contributed by atoms with Crippen molar-refractivity contribution in [1.29, 1.82) is 0 Å². The van der Waals surface area contributed by atoms with Crippen LogP contribution in [-0.2, 0) is 19.6 Å². The monoisotopic (exact) mass is 345 g/mol. The molecule has 0 amide bonds. The molecule has 3 aromatic rings. The fourth-order valence-corrected chi connectivity index (χ4v) is 3.11. The number of aromatic nitrogens is 2. The van der Waals surface area contributed by atoms with Crippen LogP contribution in [0.5, 0.6) is 10.9 Å². The second kappa shape index (κ2) is 7.94. The Balaban J connectivity index is 1.71. The number of nitrogens with zero attached hydrogens (tertiary/aromatic N) is 3. The Bertz CT molecular complexity index is 741. The standard InChI is InChI=1S/C17H19N3O3S/c1-2-22-17-19-18-16(24-17)12-20(11-15-4-3-9-23-15)10-13-5-7-14(21)8-6-13/h3-9,21H,2,10-12H2,1H3. The Morgan fingerprint density at radius 1 is 1.12 bits per heavy atom. The minimum atomic E-state index is 0.266. The molecule has 0 fully saturated rings. The van der Waals surface area contributed by atoms with E-state index in [1.54, 1.807) is 18.4 Å². The zero-order chi connectivity index (χ0) is 16.8. The van der Waals surface area contributed by atoms with Gasteiger partial charge in [-0.25, -0.2) is 0 Å². The van der Waals surface area contributed by atoms with Crippen LogP contribution in [0.25, 0.3) is 0 Å². The van der Waals surface area contributed by atoms with E-state index in [0.29, 0.717) is 31.4 Å².